The summed E-state index contributed by atoms with van der Waals surface area (Å²) in [5, 5.41) is 0. The van der Waals surface area contributed by atoms with Crippen LogP contribution in [0.2, 0.25) is 0 Å². The Hall–Kier alpha value is -1.33. The lowest BCUT2D eigenvalue weighted by Gasteiger charge is -2.09. The standard InChI is InChI=1S/C17H23ClO2/c1-3-4-5-6-7-13-20-17-11-10-16(19-2)14-15(17)9-8-12-18/h10-11,14H,3-7,12-13H2,1-2H3. The van der Waals surface area contributed by atoms with E-state index in [9.17, 15) is 0 Å². The smallest absolute Gasteiger partial charge is 0.135 e. The van der Waals surface area contributed by atoms with Gasteiger partial charge in [0, 0.05) is 0 Å². The summed E-state index contributed by atoms with van der Waals surface area (Å²) in [5.41, 5.74) is 0.832. The molecular weight excluding hydrogens is 272 g/mol. The molecule has 0 aliphatic carbocycles. The fourth-order valence-corrected chi connectivity index (χ4v) is 1.94. The summed E-state index contributed by atoms with van der Waals surface area (Å²) in [6.45, 7) is 2.95. The second-order valence-electron chi connectivity index (χ2n) is 4.56. The Morgan fingerprint density at radius 3 is 2.65 bits per heavy atom. The Balaban J connectivity index is 2.55. The maximum atomic E-state index is 5.81. The van der Waals surface area contributed by atoms with E-state index in [1.807, 2.05) is 18.2 Å². The van der Waals surface area contributed by atoms with Crippen molar-refractivity contribution in [3.05, 3.63) is 23.8 Å². The fraction of sp³-hybridized carbons (Fsp3) is 0.529. The highest BCUT2D eigenvalue weighted by molar-refractivity contribution is 6.19. The molecule has 0 aliphatic rings. The van der Waals surface area contributed by atoms with Crippen LogP contribution in [0, 0.1) is 11.8 Å². The number of rotatable bonds is 8. The minimum absolute atomic E-state index is 0.313. The Morgan fingerprint density at radius 1 is 1.15 bits per heavy atom. The lowest BCUT2D eigenvalue weighted by atomic mass is 10.1. The summed E-state index contributed by atoms with van der Waals surface area (Å²) in [6.07, 6.45) is 6.13. The minimum atomic E-state index is 0.313. The van der Waals surface area contributed by atoms with Gasteiger partial charge in [0.2, 0.25) is 0 Å². The molecule has 0 unspecified atom stereocenters. The van der Waals surface area contributed by atoms with Crippen molar-refractivity contribution in [2.75, 3.05) is 19.6 Å². The third-order valence-corrected chi connectivity index (χ3v) is 3.12. The van der Waals surface area contributed by atoms with E-state index in [1.54, 1.807) is 7.11 Å². The van der Waals surface area contributed by atoms with Crippen LogP contribution in [-0.2, 0) is 0 Å². The Labute approximate surface area is 127 Å². The first-order valence-corrected chi connectivity index (χ1v) is 7.71. The maximum absolute atomic E-state index is 5.81. The van der Waals surface area contributed by atoms with Crippen molar-refractivity contribution in [2.45, 2.75) is 39.0 Å². The van der Waals surface area contributed by atoms with Crippen molar-refractivity contribution in [1.82, 2.24) is 0 Å². The molecule has 0 N–H and O–H groups in total. The van der Waals surface area contributed by atoms with Gasteiger partial charge in [0.05, 0.1) is 25.2 Å². The van der Waals surface area contributed by atoms with Crippen molar-refractivity contribution in [1.29, 1.82) is 0 Å². The average molecular weight is 295 g/mol. The number of halogens is 1. The van der Waals surface area contributed by atoms with Gasteiger partial charge in [-0.15, -0.1) is 11.6 Å². The van der Waals surface area contributed by atoms with Crippen molar-refractivity contribution >= 4 is 11.6 Å². The summed E-state index contributed by atoms with van der Waals surface area (Å²) in [5.74, 6) is 7.76. The highest BCUT2D eigenvalue weighted by Gasteiger charge is 2.03. The molecule has 2 nitrogen and oxygen atoms in total. The van der Waals surface area contributed by atoms with E-state index in [4.69, 9.17) is 21.1 Å². The van der Waals surface area contributed by atoms with Gasteiger partial charge in [-0.3, -0.25) is 0 Å². The lowest BCUT2D eigenvalue weighted by Crippen LogP contribution is -1.99. The van der Waals surface area contributed by atoms with E-state index in [1.165, 1.54) is 25.7 Å². The molecule has 0 spiro atoms. The molecule has 0 saturated carbocycles. The minimum Gasteiger partial charge on any atom is -0.497 e. The molecule has 0 aromatic heterocycles. The van der Waals surface area contributed by atoms with Crippen molar-refractivity contribution < 1.29 is 9.47 Å². The summed E-state index contributed by atoms with van der Waals surface area (Å²) < 4.78 is 11.0. The first kappa shape index (κ1) is 16.7. The van der Waals surface area contributed by atoms with Crippen LogP contribution in [0.15, 0.2) is 18.2 Å². The molecule has 0 aliphatic heterocycles. The van der Waals surface area contributed by atoms with Crippen LogP contribution in [0.4, 0.5) is 0 Å². The van der Waals surface area contributed by atoms with Gasteiger partial charge in [-0.1, -0.05) is 44.4 Å². The fourth-order valence-electron chi connectivity index (χ4n) is 1.88. The zero-order chi connectivity index (χ0) is 14.6. The lowest BCUT2D eigenvalue weighted by molar-refractivity contribution is 0.303. The highest BCUT2D eigenvalue weighted by atomic mass is 35.5. The number of ether oxygens (including phenoxy) is 2. The van der Waals surface area contributed by atoms with Gasteiger partial charge in [0.25, 0.3) is 0 Å². The van der Waals surface area contributed by atoms with Crippen molar-refractivity contribution in [2.24, 2.45) is 0 Å². The number of hydrogen-bond donors (Lipinski definition) is 0. The molecule has 0 atom stereocenters. The van der Waals surface area contributed by atoms with E-state index >= 15 is 0 Å². The van der Waals surface area contributed by atoms with Crippen LogP contribution in [0.3, 0.4) is 0 Å². The number of methoxy groups -OCH3 is 1. The molecule has 110 valence electrons. The monoisotopic (exact) mass is 294 g/mol. The Morgan fingerprint density at radius 2 is 1.95 bits per heavy atom. The molecular formula is C17H23ClO2. The zero-order valence-electron chi connectivity index (χ0n) is 12.4. The second-order valence-corrected chi connectivity index (χ2v) is 4.83. The predicted octanol–water partition coefficient (Wildman–Crippen LogP) is 4.63. The molecule has 20 heavy (non-hydrogen) atoms. The van der Waals surface area contributed by atoms with E-state index in [0.29, 0.717) is 5.88 Å². The van der Waals surface area contributed by atoms with Crippen LogP contribution >= 0.6 is 11.6 Å². The van der Waals surface area contributed by atoms with Crippen molar-refractivity contribution in [3.8, 4) is 23.3 Å². The number of alkyl halides is 1. The van der Waals surface area contributed by atoms with Crippen LogP contribution in [0.5, 0.6) is 11.5 Å². The molecule has 1 rings (SSSR count). The van der Waals surface area contributed by atoms with Gasteiger partial charge >= 0.3 is 0 Å². The van der Waals surface area contributed by atoms with Crippen LogP contribution < -0.4 is 9.47 Å². The molecule has 1 aromatic carbocycles. The van der Waals surface area contributed by atoms with Gasteiger partial charge in [0.1, 0.15) is 11.5 Å². The van der Waals surface area contributed by atoms with E-state index < -0.39 is 0 Å². The Bertz CT molecular complexity index is 446. The summed E-state index contributed by atoms with van der Waals surface area (Å²) in [4.78, 5) is 0. The van der Waals surface area contributed by atoms with Crippen LogP contribution in [0.1, 0.15) is 44.6 Å². The quantitative estimate of drug-likeness (QED) is 0.395. The molecule has 0 radical (unpaired) electrons. The SMILES string of the molecule is CCCCCCCOc1ccc(OC)cc1C#CCCl. The molecule has 0 amide bonds. The molecule has 0 saturated heterocycles. The van der Waals surface area contributed by atoms with Crippen LogP contribution in [0.25, 0.3) is 0 Å². The normalized spacial score (nSPS) is 9.75. The number of hydrogen-bond acceptors (Lipinski definition) is 2. The van der Waals surface area contributed by atoms with Gasteiger partial charge < -0.3 is 9.47 Å². The first-order chi connectivity index (χ1) is 9.81. The second kappa shape index (κ2) is 10.5. The zero-order valence-corrected chi connectivity index (χ0v) is 13.1. The predicted molar refractivity (Wildman–Crippen MR) is 84.8 cm³/mol. The highest BCUT2D eigenvalue weighted by Crippen LogP contribution is 2.23. The average Bonchev–Trinajstić information content (AvgIpc) is 2.49. The molecule has 0 fully saturated rings. The topological polar surface area (TPSA) is 18.5 Å². The van der Waals surface area contributed by atoms with Gasteiger partial charge in [-0.25, -0.2) is 0 Å². The van der Waals surface area contributed by atoms with Crippen molar-refractivity contribution in [3.63, 3.8) is 0 Å². The summed E-state index contributed by atoms with van der Waals surface area (Å²) >= 11 is 5.61. The van der Waals surface area contributed by atoms with Gasteiger partial charge in [0.15, 0.2) is 0 Å². The maximum Gasteiger partial charge on any atom is 0.135 e. The number of unbranched alkanes of at least 4 members (excludes halogenated alkanes) is 4. The summed E-state index contributed by atoms with van der Waals surface area (Å²) in [6, 6.07) is 5.67. The molecule has 1 aromatic rings. The molecule has 3 heteroatoms. The van der Waals surface area contributed by atoms with E-state index in [-0.39, 0.29) is 0 Å². The van der Waals surface area contributed by atoms with E-state index in [0.717, 1.165) is 30.1 Å². The third kappa shape index (κ3) is 6.21. The van der Waals surface area contributed by atoms with Crippen LogP contribution in [-0.4, -0.2) is 19.6 Å². The third-order valence-electron chi connectivity index (χ3n) is 2.98. The largest absolute Gasteiger partial charge is 0.497 e. The molecule has 0 heterocycles. The van der Waals surface area contributed by atoms with Gasteiger partial charge in [-0.2, -0.15) is 0 Å². The first-order valence-electron chi connectivity index (χ1n) is 7.17. The van der Waals surface area contributed by atoms with E-state index in [2.05, 4.69) is 18.8 Å². The number of benzene rings is 1. The molecule has 0 bridgehead atoms. The Kier molecular flexibility index (Phi) is 8.74. The van der Waals surface area contributed by atoms with Gasteiger partial charge in [-0.05, 0) is 24.6 Å². The summed E-state index contributed by atoms with van der Waals surface area (Å²) in [7, 11) is 1.64.